The van der Waals surface area contributed by atoms with Crippen molar-refractivity contribution in [3.05, 3.63) is 0 Å². The first-order chi connectivity index (χ1) is 7.36. The molecule has 0 aliphatic rings. The molecular formula is C12H20O4. The van der Waals surface area contributed by atoms with Gasteiger partial charge in [-0.05, 0) is 12.8 Å². The van der Waals surface area contributed by atoms with Crippen LogP contribution in [-0.4, -0.2) is 23.1 Å². The summed E-state index contributed by atoms with van der Waals surface area (Å²) in [6.45, 7) is 6.36. The van der Waals surface area contributed by atoms with Crippen LogP contribution in [-0.2, 0) is 19.2 Å². The van der Waals surface area contributed by atoms with E-state index in [9.17, 15) is 19.2 Å². The van der Waals surface area contributed by atoms with E-state index in [1.54, 1.807) is 0 Å². The van der Waals surface area contributed by atoms with Gasteiger partial charge in [-0.1, -0.05) is 13.8 Å². The van der Waals surface area contributed by atoms with Crippen LogP contribution in [0.2, 0.25) is 0 Å². The molecule has 0 unspecified atom stereocenters. The van der Waals surface area contributed by atoms with Crippen LogP contribution < -0.4 is 0 Å². The maximum atomic E-state index is 10.4. The molecule has 92 valence electrons. The van der Waals surface area contributed by atoms with Gasteiger partial charge in [0.1, 0.15) is 0 Å². The van der Waals surface area contributed by atoms with Crippen LogP contribution in [0.25, 0.3) is 0 Å². The van der Waals surface area contributed by atoms with E-state index in [0.29, 0.717) is 12.8 Å². The smallest absolute Gasteiger partial charge is 0.198 e. The van der Waals surface area contributed by atoms with E-state index in [1.807, 2.05) is 13.8 Å². The number of hydrogen-bond donors (Lipinski definition) is 0. The zero-order chi connectivity index (χ0) is 13.1. The van der Waals surface area contributed by atoms with E-state index in [0.717, 1.165) is 12.8 Å². The normalized spacial score (nSPS) is 8.75. The average Bonchev–Trinajstić information content (AvgIpc) is 2.19. The number of ketones is 4. The lowest BCUT2D eigenvalue weighted by Gasteiger charge is -1.87. The van der Waals surface area contributed by atoms with Crippen molar-refractivity contribution in [3.63, 3.8) is 0 Å². The number of hydrogen-bond acceptors (Lipinski definition) is 4. The Bertz CT molecular complexity index is 238. The fraction of sp³-hybridized carbons (Fsp3) is 0.667. The maximum absolute atomic E-state index is 10.4. The lowest BCUT2D eigenvalue weighted by atomic mass is 10.2. The lowest BCUT2D eigenvalue weighted by molar-refractivity contribution is -0.135. The van der Waals surface area contributed by atoms with Crippen LogP contribution in [0.3, 0.4) is 0 Å². The highest BCUT2D eigenvalue weighted by atomic mass is 16.2. The largest absolute Gasteiger partial charge is 0.291 e. The van der Waals surface area contributed by atoms with Crippen molar-refractivity contribution >= 4 is 23.1 Å². The molecule has 0 aliphatic carbocycles. The lowest BCUT2D eigenvalue weighted by Crippen LogP contribution is -2.07. The van der Waals surface area contributed by atoms with Crippen molar-refractivity contribution in [1.82, 2.24) is 0 Å². The topological polar surface area (TPSA) is 68.3 Å². The van der Waals surface area contributed by atoms with Crippen molar-refractivity contribution in [3.8, 4) is 0 Å². The Morgan fingerprint density at radius 1 is 0.688 bits per heavy atom. The predicted octanol–water partition coefficient (Wildman–Crippen LogP) is 1.89. The summed E-state index contributed by atoms with van der Waals surface area (Å²) < 4.78 is 0. The molecule has 0 aromatic carbocycles. The summed E-state index contributed by atoms with van der Waals surface area (Å²) in [6.07, 6.45) is 2.32. The molecule has 0 N–H and O–H groups in total. The molecule has 0 saturated carbocycles. The molecule has 0 radical (unpaired) electrons. The van der Waals surface area contributed by atoms with Gasteiger partial charge in [0.25, 0.3) is 0 Å². The number of carbonyl (C=O) groups is 4. The van der Waals surface area contributed by atoms with E-state index in [4.69, 9.17) is 0 Å². The zero-order valence-electron chi connectivity index (χ0n) is 10.5. The highest BCUT2D eigenvalue weighted by Gasteiger charge is 2.04. The molecule has 0 aromatic rings. The highest BCUT2D eigenvalue weighted by molar-refractivity contribution is 6.36. The predicted molar refractivity (Wildman–Crippen MR) is 61.2 cm³/mol. The fourth-order valence-corrected chi connectivity index (χ4v) is 0.806. The number of Topliss-reactive ketones (excluding diaryl/α,β-unsaturated/α-hetero) is 4. The van der Waals surface area contributed by atoms with Gasteiger partial charge in [0.05, 0.1) is 0 Å². The summed E-state index contributed by atoms with van der Waals surface area (Å²) >= 11 is 0. The van der Waals surface area contributed by atoms with Crippen LogP contribution >= 0.6 is 0 Å². The molecule has 4 nitrogen and oxygen atoms in total. The summed E-state index contributed by atoms with van der Waals surface area (Å²) in [6, 6.07) is 0. The van der Waals surface area contributed by atoms with E-state index in [1.165, 1.54) is 13.8 Å². The monoisotopic (exact) mass is 228 g/mol. The van der Waals surface area contributed by atoms with E-state index in [2.05, 4.69) is 0 Å². The standard InChI is InChI=1S/2C6H10O2/c2*1-3-4-6(8)5(2)7/h2*3-4H2,1-2H3. The van der Waals surface area contributed by atoms with Crippen LogP contribution in [0.15, 0.2) is 0 Å². The van der Waals surface area contributed by atoms with Gasteiger partial charge in [-0.25, -0.2) is 0 Å². The van der Waals surface area contributed by atoms with Gasteiger partial charge in [0.2, 0.25) is 0 Å². The second kappa shape index (κ2) is 10.2. The third-order valence-corrected chi connectivity index (χ3v) is 1.74. The van der Waals surface area contributed by atoms with E-state index < -0.39 is 0 Å². The molecule has 4 heteroatoms. The van der Waals surface area contributed by atoms with E-state index >= 15 is 0 Å². The van der Waals surface area contributed by atoms with Gasteiger partial charge in [0.15, 0.2) is 23.1 Å². The summed E-state index contributed by atoms with van der Waals surface area (Å²) in [5.41, 5.74) is 0. The Hall–Kier alpha value is -1.32. The summed E-state index contributed by atoms with van der Waals surface area (Å²) in [4.78, 5) is 41.2. The molecule has 0 atom stereocenters. The van der Waals surface area contributed by atoms with Gasteiger partial charge in [-0.3, -0.25) is 19.2 Å². The summed E-state index contributed by atoms with van der Waals surface area (Å²) in [5.74, 6) is -1.17. The molecule has 0 heterocycles. The Labute approximate surface area is 96.4 Å². The molecule has 0 aromatic heterocycles. The third kappa shape index (κ3) is 10.8. The first-order valence-corrected chi connectivity index (χ1v) is 5.44. The number of carbonyl (C=O) groups excluding carboxylic acids is 4. The summed E-state index contributed by atoms with van der Waals surface area (Å²) in [5, 5.41) is 0. The zero-order valence-corrected chi connectivity index (χ0v) is 10.5. The van der Waals surface area contributed by atoms with Crippen LogP contribution in [0.4, 0.5) is 0 Å². The maximum Gasteiger partial charge on any atom is 0.198 e. The van der Waals surface area contributed by atoms with Gasteiger partial charge in [-0.2, -0.15) is 0 Å². The van der Waals surface area contributed by atoms with Crippen molar-refractivity contribution in [2.24, 2.45) is 0 Å². The van der Waals surface area contributed by atoms with Crippen molar-refractivity contribution in [2.75, 3.05) is 0 Å². The second-order valence-corrected chi connectivity index (χ2v) is 3.46. The molecule has 0 aliphatic heterocycles. The van der Waals surface area contributed by atoms with E-state index in [-0.39, 0.29) is 23.1 Å². The van der Waals surface area contributed by atoms with Gasteiger partial charge < -0.3 is 0 Å². The average molecular weight is 228 g/mol. The highest BCUT2D eigenvalue weighted by Crippen LogP contribution is 1.89. The van der Waals surface area contributed by atoms with Crippen LogP contribution in [0.1, 0.15) is 53.4 Å². The van der Waals surface area contributed by atoms with Crippen molar-refractivity contribution in [2.45, 2.75) is 53.4 Å². The minimum absolute atomic E-state index is 0.257. The Morgan fingerprint density at radius 2 is 0.938 bits per heavy atom. The first kappa shape index (κ1) is 17.1. The van der Waals surface area contributed by atoms with Crippen LogP contribution in [0, 0.1) is 0 Å². The third-order valence-electron chi connectivity index (χ3n) is 1.74. The molecule has 16 heavy (non-hydrogen) atoms. The minimum atomic E-state index is -0.327. The Balaban J connectivity index is 0. The SMILES string of the molecule is CCCC(=O)C(C)=O.CCCC(=O)C(C)=O. The summed E-state index contributed by atoms with van der Waals surface area (Å²) in [7, 11) is 0. The minimum Gasteiger partial charge on any atom is -0.291 e. The van der Waals surface area contributed by atoms with Gasteiger partial charge in [0, 0.05) is 26.7 Å². The molecule has 0 amide bonds. The molecule has 0 saturated heterocycles. The Morgan fingerprint density at radius 3 is 1.00 bits per heavy atom. The number of rotatable bonds is 6. The van der Waals surface area contributed by atoms with Gasteiger partial charge in [-0.15, -0.1) is 0 Å². The second-order valence-electron chi connectivity index (χ2n) is 3.46. The van der Waals surface area contributed by atoms with Gasteiger partial charge >= 0.3 is 0 Å². The van der Waals surface area contributed by atoms with Crippen molar-refractivity contribution in [1.29, 1.82) is 0 Å². The molecule has 0 bridgehead atoms. The molecule has 0 fully saturated rings. The first-order valence-electron chi connectivity index (χ1n) is 5.44. The van der Waals surface area contributed by atoms with Crippen LogP contribution in [0.5, 0.6) is 0 Å². The fourth-order valence-electron chi connectivity index (χ4n) is 0.806. The van der Waals surface area contributed by atoms with Crippen molar-refractivity contribution < 1.29 is 19.2 Å². The molecule has 0 spiro atoms. The Kier molecular flexibility index (Phi) is 10.9. The quantitative estimate of drug-likeness (QED) is 0.651. The molecule has 0 rings (SSSR count). The molecular weight excluding hydrogens is 208 g/mol.